The number of halogens is 1. The highest BCUT2D eigenvalue weighted by Gasteiger charge is 2.19. The summed E-state index contributed by atoms with van der Waals surface area (Å²) in [5, 5.41) is 1.16. The van der Waals surface area contributed by atoms with Crippen LogP contribution in [0.5, 0.6) is 0 Å². The van der Waals surface area contributed by atoms with Crippen LogP contribution in [0, 0.1) is 6.92 Å². The van der Waals surface area contributed by atoms with E-state index in [9.17, 15) is 13.0 Å². The molecule has 164 valence electrons. The molecular weight excluding hydrogens is 438 g/mol. The second kappa shape index (κ2) is 15.4. The van der Waals surface area contributed by atoms with E-state index in [1.54, 1.807) is 12.1 Å². The van der Waals surface area contributed by atoms with Crippen LogP contribution in [-0.2, 0) is 10.1 Å². The summed E-state index contributed by atoms with van der Waals surface area (Å²) in [5.41, 5.74) is 0.928. The van der Waals surface area contributed by atoms with Crippen LogP contribution in [0.15, 0.2) is 29.2 Å². The Morgan fingerprint density at radius 3 is 1.64 bits per heavy atom. The van der Waals surface area contributed by atoms with E-state index in [0.29, 0.717) is 0 Å². The number of aryl methyl sites for hydroxylation is 1. The third-order valence-electron chi connectivity index (χ3n) is 4.99. The molecule has 1 rings (SSSR count). The van der Waals surface area contributed by atoms with Crippen molar-refractivity contribution in [3.8, 4) is 0 Å². The quantitative estimate of drug-likeness (QED) is 0.154. The van der Waals surface area contributed by atoms with Crippen LogP contribution in [0.2, 0.25) is 0 Å². The van der Waals surface area contributed by atoms with E-state index in [-0.39, 0.29) is 4.90 Å². The number of alkyl halides is 1. The molecule has 0 radical (unpaired) electrons. The van der Waals surface area contributed by atoms with E-state index < -0.39 is 10.1 Å². The Bertz CT molecular complexity index is 576. The van der Waals surface area contributed by atoms with Crippen molar-refractivity contribution in [2.24, 2.45) is 0 Å². The fourth-order valence-corrected chi connectivity index (χ4v) is 3.98. The first-order chi connectivity index (χ1) is 13.2. The molecule has 1 aromatic carbocycles. The van der Waals surface area contributed by atoms with Crippen molar-refractivity contribution in [1.82, 2.24) is 0 Å². The van der Waals surface area contributed by atoms with Crippen LogP contribution in [0.4, 0.5) is 0 Å². The highest BCUT2D eigenvalue weighted by molar-refractivity contribution is 9.09. The number of nitrogens with zero attached hydrogens (tertiary/aromatic N) is 1. The molecule has 0 bridgehead atoms. The van der Waals surface area contributed by atoms with Gasteiger partial charge in [0.05, 0.1) is 31.6 Å². The van der Waals surface area contributed by atoms with Crippen LogP contribution >= 0.6 is 15.9 Å². The van der Waals surface area contributed by atoms with E-state index >= 15 is 0 Å². The van der Waals surface area contributed by atoms with Crippen molar-refractivity contribution >= 4 is 26.0 Å². The number of rotatable bonds is 13. The summed E-state index contributed by atoms with van der Waals surface area (Å²) in [6.07, 6.45) is 11.0. The Labute approximate surface area is 182 Å². The molecule has 0 amide bonds. The van der Waals surface area contributed by atoms with E-state index in [2.05, 4.69) is 36.8 Å². The minimum Gasteiger partial charge on any atom is -0.744 e. The van der Waals surface area contributed by atoms with Crippen molar-refractivity contribution in [2.45, 2.75) is 77.0 Å². The summed E-state index contributed by atoms with van der Waals surface area (Å²) in [7, 11) is -1.80. The van der Waals surface area contributed by atoms with Crippen LogP contribution in [0.25, 0.3) is 0 Å². The number of quaternary nitrogens is 1. The van der Waals surface area contributed by atoms with Crippen LogP contribution < -0.4 is 0 Å². The van der Waals surface area contributed by atoms with Gasteiger partial charge in [-0.25, -0.2) is 8.42 Å². The van der Waals surface area contributed by atoms with Crippen molar-refractivity contribution in [1.29, 1.82) is 0 Å². The third kappa shape index (κ3) is 13.7. The van der Waals surface area contributed by atoms with Gasteiger partial charge in [0.15, 0.2) is 0 Å². The fraction of sp³-hybridized carbons (Fsp3) is 0.727. The molecule has 4 nitrogen and oxygen atoms in total. The normalized spacial score (nSPS) is 11.8. The zero-order valence-electron chi connectivity index (χ0n) is 18.3. The minimum atomic E-state index is -4.27. The van der Waals surface area contributed by atoms with E-state index in [1.165, 1.54) is 87.6 Å². The van der Waals surface area contributed by atoms with Gasteiger partial charge in [0.25, 0.3) is 0 Å². The first-order valence-corrected chi connectivity index (χ1v) is 13.1. The molecule has 0 aromatic heterocycles. The number of hydrogen-bond donors (Lipinski definition) is 0. The lowest BCUT2D eigenvalue weighted by molar-refractivity contribution is -0.910. The van der Waals surface area contributed by atoms with E-state index in [0.717, 1.165) is 10.9 Å². The third-order valence-corrected chi connectivity index (χ3v) is 6.40. The van der Waals surface area contributed by atoms with Gasteiger partial charge < -0.3 is 9.04 Å². The molecule has 0 aliphatic rings. The molecular formula is C22H40BrNO3S. The fourth-order valence-electron chi connectivity index (χ4n) is 3.12. The average molecular weight is 479 g/mol. The summed E-state index contributed by atoms with van der Waals surface area (Å²) in [6.45, 7) is 10.6. The number of unbranched alkanes of at least 4 members (excludes halogenated alkanes) is 5. The van der Waals surface area contributed by atoms with Gasteiger partial charge in [0, 0.05) is 5.33 Å². The second-order valence-corrected chi connectivity index (χ2v) is 10.0. The first kappa shape index (κ1) is 27.6. The van der Waals surface area contributed by atoms with Crippen LogP contribution in [-0.4, -0.2) is 49.5 Å². The molecule has 0 fully saturated rings. The molecule has 6 heteroatoms. The monoisotopic (exact) mass is 477 g/mol. The molecule has 0 atom stereocenters. The molecule has 0 spiro atoms. The lowest BCUT2D eigenvalue weighted by Crippen LogP contribution is -2.46. The summed E-state index contributed by atoms with van der Waals surface area (Å²) < 4.78 is 32.5. The van der Waals surface area contributed by atoms with Crippen molar-refractivity contribution < 1.29 is 17.5 Å². The largest absolute Gasteiger partial charge is 0.744 e. The zero-order valence-corrected chi connectivity index (χ0v) is 20.7. The Kier molecular flexibility index (Phi) is 15.2. The molecule has 1 aromatic rings. The topological polar surface area (TPSA) is 57.2 Å². The maximum absolute atomic E-state index is 10.4. The lowest BCUT2D eigenvalue weighted by atomic mass is 10.1. The summed E-state index contributed by atoms with van der Waals surface area (Å²) >= 11 is 3.54. The zero-order chi connectivity index (χ0) is 21.5. The molecule has 0 aliphatic carbocycles. The molecule has 0 aliphatic heterocycles. The first-order valence-electron chi connectivity index (χ1n) is 10.6. The maximum atomic E-state index is 10.4. The van der Waals surface area contributed by atoms with Gasteiger partial charge in [0.1, 0.15) is 10.1 Å². The molecule has 0 unspecified atom stereocenters. The van der Waals surface area contributed by atoms with Gasteiger partial charge in [-0.15, -0.1) is 0 Å². The summed E-state index contributed by atoms with van der Waals surface area (Å²) in [5.74, 6) is 0. The van der Waals surface area contributed by atoms with Gasteiger partial charge in [0.2, 0.25) is 0 Å². The maximum Gasteiger partial charge on any atom is 0.124 e. The Morgan fingerprint density at radius 2 is 1.29 bits per heavy atom. The van der Waals surface area contributed by atoms with E-state index in [4.69, 9.17) is 0 Å². The molecule has 0 heterocycles. The van der Waals surface area contributed by atoms with Crippen molar-refractivity contribution in [2.75, 3.05) is 32.0 Å². The van der Waals surface area contributed by atoms with Crippen molar-refractivity contribution in [3.63, 3.8) is 0 Å². The Morgan fingerprint density at radius 1 is 0.857 bits per heavy atom. The Hall–Kier alpha value is -0.430. The van der Waals surface area contributed by atoms with Crippen LogP contribution in [0.1, 0.15) is 70.8 Å². The summed E-state index contributed by atoms with van der Waals surface area (Å²) in [4.78, 5) is -0.178. The molecule has 0 saturated heterocycles. The lowest BCUT2D eigenvalue weighted by Gasteiger charge is -2.35. The average Bonchev–Trinajstić information content (AvgIpc) is 2.63. The van der Waals surface area contributed by atoms with Gasteiger partial charge in [-0.1, -0.05) is 60.3 Å². The second-order valence-electron chi connectivity index (χ2n) is 7.87. The van der Waals surface area contributed by atoms with E-state index in [1.807, 2.05) is 6.92 Å². The number of hydrogen-bond acceptors (Lipinski definition) is 3. The number of benzene rings is 1. The molecule has 0 N–H and O–H groups in total. The van der Waals surface area contributed by atoms with Crippen molar-refractivity contribution in [3.05, 3.63) is 29.8 Å². The summed E-state index contributed by atoms with van der Waals surface area (Å²) in [6, 6.07) is 5.78. The molecule has 28 heavy (non-hydrogen) atoms. The smallest absolute Gasteiger partial charge is 0.124 e. The highest BCUT2D eigenvalue weighted by Crippen LogP contribution is 2.13. The molecule has 0 saturated carbocycles. The predicted molar refractivity (Wildman–Crippen MR) is 122 cm³/mol. The Balaban J connectivity index is 0.000000567. The van der Waals surface area contributed by atoms with Gasteiger partial charge in [-0.05, 0) is 57.6 Å². The standard InChI is InChI=1S/C15H33BrN.C7H8O3S/c1-4-6-9-13-17(3,14-10-7-5-2)15-11-8-12-16;1-6-2-4-7(5-3-6)11(8,9)10/h4-15H2,1-3H3;2-5H,1H3,(H,8,9,10)/q+1;/p-1. The van der Waals surface area contributed by atoms with Gasteiger partial charge in [-0.3, -0.25) is 0 Å². The predicted octanol–water partition coefficient (Wildman–Crippen LogP) is 5.89. The highest BCUT2D eigenvalue weighted by atomic mass is 79.9. The van der Waals surface area contributed by atoms with Crippen LogP contribution in [0.3, 0.4) is 0 Å². The SMILES string of the molecule is CCCCC[N+](C)(CCCCC)CCCCBr.Cc1ccc(S(=O)(=O)[O-])cc1. The van der Waals surface area contributed by atoms with Gasteiger partial charge >= 0.3 is 0 Å². The minimum absolute atomic E-state index is 0.178. The van der Waals surface area contributed by atoms with Gasteiger partial charge in [-0.2, -0.15) is 0 Å².